The van der Waals surface area contributed by atoms with Crippen molar-refractivity contribution < 1.29 is 5.11 Å². The first kappa shape index (κ1) is 11.7. The SMILES string of the molecule is CN(N)/C(CBr)=C(\N)c1cnc(O)cn1. The number of allylic oxidation sites excluding steroid dienone is 1. The van der Waals surface area contributed by atoms with Crippen molar-refractivity contribution in [2.75, 3.05) is 12.4 Å². The van der Waals surface area contributed by atoms with Crippen LogP contribution in [0.3, 0.4) is 0 Å². The number of halogens is 1. The Bertz CT molecular complexity index is 362. The molecule has 0 fully saturated rings. The Hall–Kier alpha value is -1.34. The lowest BCUT2D eigenvalue weighted by molar-refractivity contribution is 0.445. The lowest BCUT2D eigenvalue weighted by Gasteiger charge is -2.17. The summed E-state index contributed by atoms with van der Waals surface area (Å²) in [6.45, 7) is 0. The summed E-state index contributed by atoms with van der Waals surface area (Å²) in [4.78, 5) is 7.61. The normalized spacial score (nSPS) is 12.2. The van der Waals surface area contributed by atoms with Gasteiger partial charge in [-0.2, -0.15) is 0 Å². The Labute approximate surface area is 95.7 Å². The molecule has 1 heterocycles. The van der Waals surface area contributed by atoms with Crippen LogP contribution in [0.25, 0.3) is 5.70 Å². The molecule has 0 radical (unpaired) electrons. The van der Waals surface area contributed by atoms with Gasteiger partial charge in [-0.25, -0.2) is 15.8 Å². The molecule has 0 unspecified atom stereocenters. The Kier molecular flexibility index (Phi) is 3.87. The van der Waals surface area contributed by atoms with Gasteiger partial charge >= 0.3 is 0 Å². The Balaban J connectivity index is 3.10. The fourth-order valence-corrected chi connectivity index (χ4v) is 1.66. The van der Waals surface area contributed by atoms with E-state index in [0.29, 0.717) is 22.4 Å². The Morgan fingerprint density at radius 3 is 2.60 bits per heavy atom. The molecule has 0 saturated carbocycles. The molecular formula is C8H12BrN5O. The molecule has 1 aromatic heterocycles. The molecular weight excluding hydrogens is 262 g/mol. The molecule has 82 valence electrons. The van der Waals surface area contributed by atoms with Crippen molar-refractivity contribution in [2.45, 2.75) is 0 Å². The first-order chi connectivity index (χ1) is 7.06. The van der Waals surface area contributed by atoms with Crippen molar-refractivity contribution in [3.8, 4) is 5.88 Å². The summed E-state index contributed by atoms with van der Waals surface area (Å²) in [5.41, 5.74) is 7.43. The van der Waals surface area contributed by atoms with Crippen LogP contribution in [0.1, 0.15) is 5.69 Å². The van der Waals surface area contributed by atoms with Crippen molar-refractivity contribution in [3.05, 3.63) is 23.8 Å². The summed E-state index contributed by atoms with van der Waals surface area (Å²) in [6.07, 6.45) is 2.61. The second-order valence-corrected chi connectivity index (χ2v) is 3.43. The van der Waals surface area contributed by atoms with Crippen molar-refractivity contribution in [2.24, 2.45) is 11.6 Å². The zero-order chi connectivity index (χ0) is 11.4. The van der Waals surface area contributed by atoms with Gasteiger partial charge in [-0.3, -0.25) is 0 Å². The average molecular weight is 274 g/mol. The lowest BCUT2D eigenvalue weighted by atomic mass is 10.3. The lowest BCUT2D eigenvalue weighted by Crippen LogP contribution is -2.28. The first-order valence-corrected chi connectivity index (χ1v) is 5.22. The third-order valence-electron chi connectivity index (χ3n) is 1.78. The molecule has 0 atom stereocenters. The number of nitrogens with zero attached hydrogens (tertiary/aromatic N) is 3. The Morgan fingerprint density at radius 2 is 2.20 bits per heavy atom. The quantitative estimate of drug-likeness (QED) is 0.408. The van der Waals surface area contributed by atoms with Crippen LogP contribution in [0.5, 0.6) is 5.88 Å². The van der Waals surface area contributed by atoms with Crippen molar-refractivity contribution in [1.82, 2.24) is 15.0 Å². The summed E-state index contributed by atoms with van der Waals surface area (Å²) >= 11 is 3.27. The van der Waals surface area contributed by atoms with Crippen molar-refractivity contribution in [3.63, 3.8) is 0 Å². The Morgan fingerprint density at radius 1 is 1.53 bits per heavy atom. The minimum Gasteiger partial charge on any atom is -0.492 e. The number of hydrogen-bond donors (Lipinski definition) is 3. The van der Waals surface area contributed by atoms with Gasteiger partial charge in [0.05, 0.1) is 23.8 Å². The maximum absolute atomic E-state index is 8.97. The number of nitrogens with two attached hydrogens (primary N) is 2. The van der Waals surface area contributed by atoms with Gasteiger partial charge in [0.25, 0.3) is 0 Å². The van der Waals surface area contributed by atoms with E-state index in [1.165, 1.54) is 17.4 Å². The van der Waals surface area contributed by atoms with E-state index in [0.717, 1.165) is 0 Å². The van der Waals surface area contributed by atoms with Gasteiger partial charge in [0, 0.05) is 12.4 Å². The highest BCUT2D eigenvalue weighted by molar-refractivity contribution is 9.09. The van der Waals surface area contributed by atoms with E-state index in [1.807, 2.05) is 0 Å². The molecule has 15 heavy (non-hydrogen) atoms. The van der Waals surface area contributed by atoms with Crippen LogP contribution in [0.15, 0.2) is 18.1 Å². The monoisotopic (exact) mass is 273 g/mol. The van der Waals surface area contributed by atoms with Crippen molar-refractivity contribution >= 4 is 21.6 Å². The van der Waals surface area contributed by atoms with Crippen LogP contribution in [0.2, 0.25) is 0 Å². The second-order valence-electron chi connectivity index (χ2n) is 2.86. The molecule has 5 N–H and O–H groups in total. The number of alkyl halides is 1. The molecule has 0 aliphatic carbocycles. The molecule has 1 rings (SSSR count). The topological polar surface area (TPSA) is 101 Å². The number of aromatic hydroxyl groups is 1. The molecule has 0 aliphatic rings. The molecule has 1 aromatic rings. The van der Waals surface area contributed by atoms with Gasteiger partial charge in [0.15, 0.2) is 0 Å². The van der Waals surface area contributed by atoms with Crippen LogP contribution in [0.4, 0.5) is 0 Å². The van der Waals surface area contributed by atoms with Gasteiger partial charge in [0.2, 0.25) is 5.88 Å². The predicted octanol–water partition coefficient (Wildman–Crippen LogP) is 0.00990. The summed E-state index contributed by atoms with van der Waals surface area (Å²) < 4.78 is 0. The van der Waals surface area contributed by atoms with E-state index in [-0.39, 0.29) is 5.88 Å². The third kappa shape index (κ3) is 2.80. The minimum absolute atomic E-state index is 0.145. The van der Waals surface area contributed by atoms with Gasteiger partial charge in [0.1, 0.15) is 5.69 Å². The number of hydrogen-bond acceptors (Lipinski definition) is 6. The van der Waals surface area contributed by atoms with E-state index < -0.39 is 0 Å². The van der Waals surface area contributed by atoms with E-state index in [2.05, 4.69) is 25.9 Å². The zero-order valence-electron chi connectivity index (χ0n) is 8.18. The molecule has 0 aliphatic heterocycles. The van der Waals surface area contributed by atoms with Gasteiger partial charge in [-0.05, 0) is 0 Å². The largest absolute Gasteiger partial charge is 0.492 e. The van der Waals surface area contributed by atoms with Gasteiger partial charge < -0.3 is 15.8 Å². The molecule has 0 spiro atoms. The minimum atomic E-state index is -0.145. The molecule has 0 saturated heterocycles. The molecule has 7 heteroatoms. The highest BCUT2D eigenvalue weighted by Crippen LogP contribution is 2.14. The predicted molar refractivity (Wildman–Crippen MR) is 60.5 cm³/mol. The summed E-state index contributed by atoms with van der Waals surface area (Å²) in [5, 5.41) is 10.9. The zero-order valence-corrected chi connectivity index (χ0v) is 9.77. The maximum atomic E-state index is 8.97. The molecule has 0 bridgehead atoms. The average Bonchev–Trinajstić information content (AvgIpc) is 2.19. The molecule has 0 aromatic carbocycles. The van der Waals surface area contributed by atoms with Gasteiger partial charge in [-0.1, -0.05) is 15.9 Å². The smallest absolute Gasteiger partial charge is 0.229 e. The van der Waals surface area contributed by atoms with Crippen LogP contribution in [-0.4, -0.2) is 32.5 Å². The summed E-state index contributed by atoms with van der Waals surface area (Å²) in [6, 6.07) is 0. The second kappa shape index (κ2) is 4.94. The fraction of sp³-hybridized carbons (Fsp3) is 0.250. The maximum Gasteiger partial charge on any atom is 0.229 e. The highest BCUT2D eigenvalue weighted by Gasteiger charge is 2.09. The molecule has 6 nitrogen and oxygen atoms in total. The van der Waals surface area contributed by atoms with Crippen LogP contribution < -0.4 is 11.6 Å². The van der Waals surface area contributed by atoms with E-state index >= 15 is 0 Å². The van der Waals surface area contributed by atoms with Crippen LogP contribution in [-0.2, 0) is 0 Å². The standard InChI is InChI=1S/C8H12BrN5O/c1-14(11)6(2-9)8(10)5-3-13-7(15)4-12-5/h3-4H,2,10-11H2,1H3,(H,13,15)/b8-6-. The fourth-order valence-electron chi connectivity index (χ4n) is 0.964. The van der Waals surface area contributed by atoms with Crippen LogP contribution >= 0.6 is 15.9 Å². The summed E-state index contributed by atoms with van der Waals surface area (Å²) in [7, 11) is 1.68. The van der Waals surface area contributed by atoms with E-state index in [1.54, 1.807) is 7.05 Å². The van der Waals surface area contributed by atoms with E-state index in [9.17, 15) is 0 Å². The highest BCUT2D eigenvalue weighted by atomic mass is 79.9. The van der Waals surface area contributed by atoms with Crippen molar-refractivity contribution in [1.29, 1.82) is 0 Å². The summed E-state index contributed by atoms with van der Waals surface area (Å²) in [5.74, 6) is 5.44. The first-order valence-electron chi connectivity index (χ1n) is 4.10. The number of hydrazine groups is 1. The number of aromatic nitrogens is 2. The van der Waals surface area contributed by atoms with E-state index in [4.69, 9.17) is 16.7 Å². The number of rotatable bonds is 3. The van der Waals surface area contributed by atoms with Gasteiger partial charge in [-0.15, -0.1) is 0 Å². The van der Waals surface area contributed by atoms with Crippen LogP contribution in [0, 0.1) is 0 Å². The third-order valence-corrected chi connectivity index (χ3v) is 2.31. The molecule has 0 amide bonds.